The summed E-state index contributed by atoms with van der Waals surface area (Å²) in [4.78, 5) is 0. The molecule has 1 aliphatic carbocycles. The van der Waals surface area contributed by atoms with Crippen LogP contribution in [-0.2, 0) is 18.3 Å². The maximum Gasteiger partial charge on any atom is 0.0531 e. The van der Waals surface area contributed by atoms with Gasteiger partial charge < -0.3 is 5.11 Å². The highest BCUT2D eigenvalue weighted by atomic mass is 16.3. The van der Waals surface area contributed by atoms with E-state index in [1.807, 2.05) is 0 Å². The minimum atomic E-state index is -0.0946. The van der Waals surface area contributed by atoms with Gasteiger partial charge in [0.15, 0.2) is 0 Å². The van der Waals surface area contributed by atoms with Crippen LogP contribution in [0, 0.1) is 6.92 Å². The van der Waals surface area contributed by atoms with E-state index in [4.69, 9.17) is 0 Å². The molecule has 1 atom stereocenters. The summed E-state index contributed by atoms with van der Waals surface area (Å²) < 4.78 is 0. The van der Waals surface area contributed by atoms with Crippen molar-refractivity contribution >= 4 is 0 Å². The van der Waals surface area contributed by atoms with Gasteiger partial charge >= 0.3 is 0 Å². The summed E-state index contributed by atoms with van der Waals surface area (Å²) in [6.07, 6.45) is 4.33. The topological polar surface area (TPSA) is 20.2 Å². The Morgan fingerprint density at radius 2 is 1.95 bits per heavy atom. The predicted molar refractivity (Wildman–Crippen MR) is 83.0 cm³/mol. The highest BCUT2D eigenvalue weighted by molar-refractivity contribution is 5.39. The SMILES string of the molecule is Cc1cccc(CC2(CO)CCCc3ccccc32)c1. The number of rotatable bonds is 3. The zero-order valence-corrected chi connectivity index (χ0v) is 12.1. The average Bonchev–Trinajstić information content (AvgIpc) is 2.47. The molecule has 0 radical (unpaired) electrons. The Labute approximate surface area is 121 Å². The number of aliphatic hydroxyl groups excluding tert-OH is 1. The molecule has 0 bridgehead atoms. The van der Waals surface area contributed by atoms with Gasteiger partial charge in [-0.2, -0.15) is 0 Å². The summed E-state index contributed by atoms with van der Waals surface area (Å²) in [6, 6.07) is 17.3. The van der Waals surface area contributed by atoms with Crippen LogP contribution in [0.5, 0.6) is 0 Å². The van der Waals surface area contributed by atoms with Crippen molar-refractivity contribution in [3.63, 3.8) is 0 Å². The van der Waals surface area contributed by atoms with E-state index in [9.17, 15) is 5.11 Å². The second-order valence-electron chi connectivity index (χ2n) is 6.11. The Hall–Kier alpha value is -1.60. The predicted octanol–water partition coefficient (Wildman–Crippen LogP) is 3.80. The first kappa shape index (κ1) is 13.4. The van der Waals surface area contributed by atoms with Crippen LogP contribution >= 0.6 is 0 Å². The van der Waals surface area contributed by atoms with E-state index in [0.717, 1.165) is 19.3 Å². The van der Waals surface area contributed by atoms with E-state index in [2.05, 4.69) is 55.5 Å². The van der Waals surface area contributed by atoms with Crippen LogP contribution in [-0.4, -0.2) is 11.7 Å². The van der Waals surface area contributed by atoms with Gasteiger partial charge in [0.25, 0.3) is 0 Å². The lowest BCUT2D eigenvalue weighted by molar-refractivity contribution is 0.173. The molecule has 104 valence electrons. The largest absolute Gasteiger partial charge is 0.395 e. The van der Waals surface area contributed by atoms with Gasteiger partial charge in [0.2, 0.25) is 0 Å². The highest BCUT2D eigenvalue weighted by Gasteiger charge is 2.35. The Morgan fingerprint density at radius 1 is 1.10 bits per heavy atom. The monoisotopic (exact) mass is 266 g/mol. The molecule has 1 aliphatic rings. The van der Waals surface area contributed by atoms with Crippen LogP contribution in [0.3, 0.4) is 0 Å². The van der Waals surface area contributed by atoms with Crippen molar-refractivity contribution < 1.29 is 5.11 Å². The Morgan fingerprint density at radius 3 is 2.75 bits per heavy atom. The van der Waals surface area contributed by atoms with Crippen LogP contribution in [0.1, 0.15) is 35.1 Å². The summed E-state index contributed by atoms with van der Waals surface area (Å²) in [6.45, 7) is 2.36. The molecule has 0 saturated carbocycles. The Balaban J connectivity index is 2.00. The van der Waals surface area contributed by atoms with E-state index in [1.165, 1.54) is 28.7 Å². The quantitative estimate of drug-likeness (QED) is 0.896. The number of benzene rings is 2. The summed E-state index contributed by atoms with van der Waals surface area (Å²) in [5.41, 5.74) is 5.30. The van der Waals surface area contributed by atoms with Crippen LogP contribution in [0.4, 0.5) is 0 Å². The third kappa shape index (κ3) is 2.38. The van der Waals surface area contributed by atoms with E-state index in [1.54, 1.807) is 0 Å². The first-order valence-electron chi connectivity index (χ1n) is 7.48. The number of aryl methyl sites for hydroxylation is 2. The molecule has 0 amide bonds. The van der Waals surface area contributed by atoms with Crippen molar-refractivity contribution in [2.45, 2.75) is 38.0 Å². The van der Waals surface area contributed by atoms with E-state index in [-0.39, 0.29) is 12.0 Å². The van der Waals surface area contributed by atoms with Crippen molar-refractivity contribution in [1.29, 1.82) is 0 Å². The van der Waals surface area contributed by atoms with Crippen molar-refractivity contribution in [3.8, 4) is 0 Å². The lowest BCUT2D eigenvalue weighted by Crippen LogP contribution is -2.37. The minimum absolute atomic E-state index is 0.0946. The van der Waals surface area contributed by atoms with Gasteiger partial charge in [0.1, 0.15) is 0 Å². The van der Waals surface area contributed by atoms with Crippen molar-refractivity contribution in [2.24, 2.45) is 0 Å². The first-order valence-corrected chi connectivity index (χ1v) is 7.48. The Kier molecular flexibility index (Phi) is 3.62. The molecule has 0 aromatic heterocycles. The van der Waals surface area contributed by atoms with Gasteiger partial charge in [-0.15, -0.1) is 0 Å². The molecule has 20 heavy (non-hydrogen) atoms. The molecule has 0 spiro atoms. The molecule has 2 aromatic rings. The highest BCUT2D eigenvalue weighted by Crippen LogP contribution is 2.39. The van der Waals surface area contributed by atoms with E-state index < -0.39 is 0 Å². The molecule has 3 rings (SSSR count). The fraction of sp³-hybridized carbons (Fsp3) is 0.368. The smallest absolute Gasteiger partial charge is 0.0531 e. The summed E-state index contributed by atoms with van der Waals surface area (Å²) in [7, 11) is 0. The zero-order valence-electron chi connectivity index (χ0n) is 12.1. The van der Waals surface area contributed by atoms with Crippen LogP contribution < -0.4 is 0 Å². The molecule has 0 saturated heterocycles. The van der Waals surface area contributed by atoms with Crippen LogP contribution in [0.2, 0.25) is 0 Å². The number of hydrogen-bond donors (Lipinski definition) is 1. The zero-order chi connectivity index (χ0) is 14.0. The number of aliphatic hydroxyl groups is 1. The van der Waals surface area contributed by atoms with Gasteiger partial charge in [-0.3, -0.25) is 0 Å². The standard InChI is InChI=1S/C19H22O/c1-15-6-4-7-16(12-15)13-19(14-20)11-5-9-17-8-2-3-10-18(17)19/h2-4,6-8,10,12,20H,5,9,11,13-14H2,1H3. The fourth-order valence-corrected chi connectivity index (χ4v) is 3.62. The van der Waals surface area contributed by atoms with E-state index in [0.29, 0.717) is 0 Å². The van der Waals surface area contributed by atoms with Gasteiger partial charge in [-0.05, 0) is 49.3 Å². The molecule has 1 unspecified atom stereocenters. The molecule has 0 aliphatic heterocycles. The molecule has 0 heterocycles. The lowest BCUT2D eigenvalue weighted by Gasteiger charge is -2.38. The molecular weight excluding hydrogens is 244 g/mol. The molecule has 1 N–H and O–H groups in total. The maximum atomic E-state index is 10.1. The van der Waals surface area contributed by atoms with Gasteiger partial charge in [-0.1, -0.05) is 54.1 Å². The lowest BCUT2D eigenvalue weighted by atomic mass is 9.67. The van der Waals surface area contributed by atoms with Gasteiger partial charge in [-0.25, -0.2) is 0 Å². The number of fused-ring (bicyclic) bond motifs is 1. The third-order valence-electron chi connectivity index (χ3n) is 4.62. The maximum absolute atomic E-state index is 10.1. The average molecular weight is 266 g/mol. The van der Waals surface area contributed by atoms with E-state index >= 15 is 0 Å². The fourth-order valence-electron chi connectivity index (χ4n) is 3.62. The Bertz CT molecular complexity index is 602. The summed E-state index contributed by atoms with van der Waals surface area (Å²) in [5, 5.41) is 10.1. The normalized spacial score (nSPS) is 21.5. The number of hydrogen-bond acceptors (Lipinski definition) is 1. The summed E-state index contributed by atoms with van der Waals surface area (Å²) in [5.74, 6) is 0. The van der Waals surface area contributed by atoms with Gasteiger partial charge in [0, 0.05) is 5.41 Å². The van der Waals surface area contributed by atoms with Crippen LogP contribution in [0.25, 0.3) is 0 Å². The first-order chi connectivity index (χ1) is 9.73. The minimum Gasteiger partial charge on any atom is -0.395 e. The van der Waals surface area contributed by atoms with Crippen molar-refractivity contribution in [1.82, 2.24) is 0 Å². The second-order valence-corrected chi connectivity index (χ2v) is 6.11. The van der Waals surface area contributed by atoms with Crippen molar-refractivity contribution in [3.05, 3.63) is 70.8 Å². The van der Waals surface area contributed by atoms with Crippen molar-refractivity contribution in [2.75, 3.05) is 6.61 Å². The molecular formula is C19H22O. The molecule has 1 heteroatoms. The third-order valence-corrected chi connectivity index (χ3v) is 4.62. The summed E-state index contributed by atoms with van der Waals surface area (Å²) >= 11 is 0. The van der Waals surface area contributed by atoms with Gasteiger partial charge in [0.05, 0.1) is 6.61 Å². The second kappa shape index (κ2) is 5.41. The van der Waals surface area contributed by atoms with Crippen LogP contribution in [0.15, 0.2) is 48.5 Å². The molecule has 1 nitrogen and oxygen atoms in total. The molecule has 0 fully saturated rings. The molecule has 2 aromatic carbocycles.